The number of hydrogen-bond donors (Lipinski definition) is 1. The van der Waals surface area contributed by atoms with Crippen LogP contribution in [0, 0.1) is 0 Å². The molecule has 0 spiro atoms. The van der Waals surface area contributed by atoms with E-state index in [1.54, 1.807) is 6.20 Å². The maximum absolute atomic E-state index is 5.76. The molecule has 21 heavy (non-hydrogen) atoms. The number of aryl methyl sites for hydroxylation is 1. The van der Waals surface area contributed by atoms with Gasteiger partial charge in [-0.1, -0.05) is 13.0 Å². The van der Waals surface area contributed by atoms with Crippen LogP contribution in [0.15, 0.2) is 30.5 Å². The lowest BCUT2D eigenvalue weighted by Crippen LogP contribution is -2.18. The van der Waals surface area contributed by atoms with Crippen molar-refractivity contribution in [1.29, 1.82) is 0 Å². The summed E-state index contributed by atoms with van der Waals surface area (Å²) in [6.45, 7) is 9.19. The molecule has 0 fully saturated rings. The van der Waals surface area contributed by atoms with Crippen molar-refractivity contribution in [3.63, 3.8) is 0 Å². The SMILES string of the molecule is CCc1ccc(C(C)NCc2cccnc2OC(C)C)s1. The number of aromatic nitrogens is 1. The minimum Gasteiger partial charge on any atom is -0.475 e. The van der Waals surface area contributed by atoms with Crippen LogP contribution in [0.3, 0.4) is 0 Å². The Kier molecular flexibility index (Phi) is 5.76. The summed E-state index contributed by atoms with van der Waals surface area (Å²) in [5.74, 6) is 0.729. The standard InChI is InChI=1S/C17H24N2OS/c1-5-15-8-9-16(21-15)13(4)19-11-14-7-6-10-18-17(14)20-12(2)3/h6-10,12-13,19H,5,11H2,1-4H3. The van der Waals surface area contributed by atoms with Gasteiger partial charge < -0.3 is 10.1 Å². The first kappa shape index (κ1) is 16.0. The monoisotopic (exact) mass is 304 g/mol. The fraction of sp³-hybridized carbons (Fsp3) is 0.471. The molecule has 0 aliphatic carbocycles. The molecule has 0 aliphatic rings. The van der Waals surface area contributed by atoms with Crippen molar-refractivity contribution in [3.8, 4) is 5.88 Å². The molecule has 2 aromatic rings. The quantitative estimate of drug-likeness (QED) is 0.826. The fourth-order valence-corrected chi connectivity index (χ4v) is 3.05. The first-order valence-corrected chi connectivity index (χ1v) is 8.34. The number of ether oxygens (including phenoxy) is 1. The van der Waals surface area contributed by atoms with Gasteiger partial charge in [0.2, 0.25) is 5.88 Å². The van der Waals surface area contributed by atoms with Crippen LogP contribution in [0.4, 0.5) is 0 Å². The summed E-state index contributed by atoms with van der Waals surface area (Å²) in [6.07, 6.45) is 3.02. The highest BCUT2D eigenvalue weighted by Gasteiger charge is 2.11. The van der Waals surface area contributed by atoms with Gasteiger partial charge in [0.25, 0.3) is 0 Å². The van der Waals surface area contributed by atoms with Crippen LogP contribution < -0.4 is 10.1 Å². The number of nitrogens with one attached hydrogen (secondary N) is 1. The summed E-state index contributed by atoms with van der Waals surface area (Å²) < 4.78 is 5.76. The maximum Gasteiger partial charge on any atom is 0.218 e. The summed E-state index contributed by atoms with van der Waals surface area (Å²) in [4.78, 5) is 7.14. The van der Waals surface area contributed by atoms with Crippen molar-refractivity contribution in [2.45, 2.75) is 52.8 Å². The van der Waals surface area contributed by atoms with Crippen molar-refractivity contribution in [2.75, 3.05) is 0 Å². The highest BCUT2D eigenvalue weighted by molar-refractivity contribution is 7.12. The van der Waals surface area contributed by atoms with E-state index in [9.17, 15) is 0 Å². The smallest absolute Gasteiger partial charge is 0.218 e. The van der Waals surface area contributed by atoms with Crippen LogP contribution in [0.5, 0.6) is 5.88 Å². The highest BCUT2D eigenvalue weighted by Crippen LogP contribution is 2.24. The van der Waals surface area contributed by atoms with Gasteiger partial charge in [-0.15, -0.1) is 11.3 Å². The van der Waals surface area contributed by atoms with E-state index in [0.29, 0.717) is 6.04 Å². The number of rotatable bonds is 7. The molecule has 0 amide bonds. The van der Waals surface area contributed by atoms with Crippen molar-refractivity contribution in [3.05, 3.63) is 45.8 Å². The van der Waals surface area contributed by atoms with Crippen molar-refractivity contribution < 1.29 is 4.74 Å². The van der Waals surface area contributed by atoms with Crippen LogP contribution >= 0.6 is 11.3 Å². The Balaban J connectivity index is 1.99. The van der Waals surface area contributed by atoms with Crippen LogP contribution in [-0.2, 0) is 13.0 Å². The van der Waals surface area contributed by atoms with E-state index < -0.39 is 0 Å². The maximum atomic E-state index is 5.76. The second kappa shape index (κ2) is 7.57. The van der Waals surface area contributed by atoms with Gasteiger partial charge in [0, 0.05) is 34.1 Å². The van der Waals surface area contributed by atoms with Gasteiger partial charge >= 0.3 is 0 Å². The largest absolute Gasteiger partial charge is 0.475 e. The van der Waals surface area contributed by atoms with Gasteiger partial charge in [-0.2, -0.15) is 0 Å². The van der Waals surface area contributed by atoms with E-state index in [-0.39, 0.29) is 6.10 Å². The number of nitrogens with zero attached hydrogens (tertiary/aromatic N) is 1. The molecule has 2 aromatic heterocycles. The van der Waals surface area contributed by atoms with Gasteiger partial charge in [0.1, 0.15) is 0 Å². The molecule has 0 radical (unpaired) electrons. The fourth-order valence-electron chi connectivity index (χ4n) is 2.07. The Morgan fingerprint density at radius 3 is 2.71 bits per heavy atom. The molecule has 1 unspecified atom stereocenters. The van der Waals surface area contributed by atoms with E-state index in [2.05, 4.69) is 42.3 Å². The minimum atomic E-state index is 0.139. The third kappa shape index (κ3) is 4.55. The normalized spacial score (nSPS) is 12.6. The lowest BCUT2D eigenvalue weighted by molar-refractivity contribution is 0.229. The summed E-state index contributed by atoms with van der Waals surface area (Å²) in [7, 11) is 0. The molecule has 1 atom stereocenters. The third-order valence-corrected chi connectivity index (χ3v) is 4.67. The molecule has 0 saturated carbocycles. The van der Waals surface area contributed by atoms with E-state index in [4.69, 9.17) is 4.74 Å². The molecular formula is C17H24N2OS. The predicted molar refractivity (Wildman–Crippen MR) is 89.0 cm³/mol. The van der Waals surface area contributed by atoms with Gasteiger partial charge in [-0.3, -0.25) is 0 Å². The third-order valence-electron chi connectivity index (χ3n) is 3.25. The lowest BCUT2D eigenvalue weighted by Gasteiger charge is -2.16. The Labute approximate surface area is 131 Å². The van der Waals surface area contributed by atoms with Gasteiger partial charge in [0.15, 0.2) is 0 Å². The second-order valence-corrected chi connectivity index (χ2v) is 6.59. The van der Waals surface area contributed by atoms with Gasteiger partial charge in [-0.05, 0) is 45.4 Å². The van der Waals surface area contributed by atoms with Crippen LogP contribution in [0.2, 0.25) is 0 Å². The van der Waals surface area contributed by atoms with E-state index in [1.807, 2.05) is 31.3 Å². The molecule has 114 valence electrons. The number of pyridine rings is 1. The topological polar surface area (TPSA) is 34.2 Å². The zero-order valence-corrected chi connectivity index (χ0v) is 14.0. The van der Waals surface area contributed by atoms with Crippen molar-refractivity contribution >= 4 is 11.3 Å². The molecule has 4 heteroatoms. The minimum absolute atomic E-state index is 0.139. The highest BCUT2D eigenvalue weighted by atomic mass is 32.1. The molecule has 0 bridgehead atoms. The lowest BCUT2D eigenvalue weighted by atomic mass is 10.2. The molecule has 0 saturated heterocycles. The summed E-state index contributed by atoms with van der Waals surface area (Å²) >= 11 is 1.88. The van der Waals surface area contributed by atoms with E-state index in [0.717, 1.165) is 24.4 Å². The molecule has 3 nitrogen and oxygen atoms in total. The molecule has 2 heterocycles. The van der Waals surface area contributed by atoms with Crippen LogP contribution in [0.1, 0.15) is 49.1 Å². The Bertz CT molecular complexity index is 565. The first-order valence-electron chi connectivity index (χ1n) is 7.52. The Morgan fingerprint density at radius 1 is 1.24 bits per heavy atom. The average molecular weight is 304 g/mol. The van der Waals surface area contributed by atoms with E-state index in [1.165, 1.54) is 9.75 Å². The van der Waals surface area contributed by atoms with Crippen LogP contribution in [0.25, 0.3) is 0 Å². The zero-order chi connectivity index (χ0) is 15.2. The second-order valence-electron chi connectivity index (χ2n) is 5.39. The van der Waals surface area contributed by atoms with Crippen LogP contribution in [-0.4, -0.2) is 11.1 Å². The molecule has 2 rings (SSSR count). The van der Waals surface area contributed by atoms with Gasteiger partial charge in [-0.25, -0.2) is 4.98 Å². The number of thiophene rings is 1. The summed E-state index contributed by atoms with van der Waals surface area (Å²) in [5.41, 5.74) is 1.10. The predicted octanol–water partition coefficient (Wildman–Crippen LogP) is 4.34. The molecule has 0 aromatic carbocycles. The molecule has 1 N–H and O–H groups in total. The average Bonchev–Trinajstić information content (AvgIpc) is 2.94. The van der Waals surface area contributed by atoms with Crippen molar-refractivity contribution in [2.24, 2.45) is 0 Å². The summed E-state index contributed by atoms with van der Waals surface area (Å²) in [5, 5.41) is 3.56. The van der Waals surface area contributed by atoms with Gasteiger partial charge in [0.05, 0.1) is 6.10 Å². The van der Waals surface area contributed by atoms with E-state index >= 15 is 0 Å². The summed E-state index contributed by atoms with van der Waals surface area (Å²) in [6, 6.07) is 8.79. The Hall–Kier alpha value is -1.39. The van der Waals surface area contributed by atoms with Crippen molar-refractivity contribution in [1.82, 2.24) is 10.3 Å². The Morgan fingerprint density at radius 2 is 2.05 bits per heavy atom. The number of hydrogen-bond acceptors (Lipinski definition) is 4. The molecular weight excluding hydrogens is 280 g/mol. The zero-order valence-electron chi connectivity index (χ0n) is 13.2. The first-order chi connectivity index (χ1) is 10.1. The molecule has 0 aliphatic heterocycles.